The maximum atomic E-state index is 12.5. The number of carbonyl (C=O) groups excluding carboxylic acids is 3. The summed E-state index contributed by atoms with van der Waals surface area (Å²) in [7, 11) is 0. The maximum absolute atomic E-state index is 12.5. The molecule has 2 amide bonds. The Kier molecular flexibility index (Phi) is 13.7. The minimum absolute atomic E-state index is 0. The highest BCUT2D eigenvalue weighted by molar-refractivity contribution is 6.02. The summed E-state index contributed by atoms with van der Waals surface area (Å²) in [4.78, 5) is 47.5. The number of carbonyl (C=O) groups is 3. The monoisotopic (exact) mass is 744 g/mol. The van der Waals surface area contributed by atoms with E-state index in [4.69, 9.17) is 16.2 Å². The van der Waals surface area contributed by atoms with E-state index >= 15 is 0 Å². The van der Waals surface area contributed by atoms with Crippen LogP contribution in [0.5, 0.6) is 0 Å². The zero-order valence-corrected chi connectivity index (χ0v) is 30.7. The number of nitrogens with one attached hydrogen (secondary N) is 3. The molecular weight excluding hydrogens is 704 g/mol. The van der Waals surface area contributed by atoms with Crippen LogP contribution < -0.4 is 22.1 Å². The zero-order valence-electron chi connectivity index (χ0n) is 29.9. The number of nitrogen functional groups attached to an aromatic ring is 2. The van der Waals surface area contributed by atoms with Crippen LogP contribution in [0.2, 0.25) is 0 Å². The second-order valence-corrected chi connectivity index (χ2v) is 12.6. The number of nitrogens with two attached hydrogens (primary N) is 2. The van der Waals surface area contributed by atoms with E-state index in [2.05, 4.69) is 25.6 Å². The zero-order chi connectivity index (χ0) is 37.8. The fourth-order valence-corrected chi connectivity index (χ4v) is 4.85. The molecule has 0 spiro atoms. The molecule has 6 rings (SSSR count). The highest BCUT2D eigenvalue weighted by atomic mass is 35.5. The fraction of sp³-hybridized carbons (Fsp3) is 0.0976. The van der Waals surface area contributed by atoms with E-state index in [-0.39, 0.29) is 30.2 Å². The Balaban J connectivity index is 0.000000244. The van der Waals surface area contributed by atoms with E-state index in [1.54, 1.807) is 63.4 Å². The van der Waals surface area contributed by atoms with Gasteiger partial charge in [0, 0.05) is 29.1 Å². The number of imidazole rings is 2. The second-order valence-electron chi connectivity index (χ2n) is 12.6. The highest BCUT2D eigenvalue weighted by Crippen LogP contribution is 2.25. The summed E-state index contributed by atoms with van der Waals surface area (Å²) >= 11 is 0. The van der Waals surface area contributed by atoms with Crippen molar-refractivity contribution < 1.29 is 19.1 Å². The van der Waals surface area contributed by atoms with Crippen molar-refractivity contribution in [1.82, 2.24) is 19.5 Å². The molecule has 276 valence electrons. The minimum Gasteiger partial charge on any atom is -0.443 e. The molecule has 0 radical (unpaired) electrons. The van der Waals surface area contributed by atoms with Gasteiger partial charge in [-0.3, -0.25) is 9.59 Å². The molecule has 12 nitrogen and oxygen atoms in total. The van der Waals surface area contributed by atoms with E-state index < -0.39 is 11.7 Å². The highest BCUT2D eigenvalue weighted by Gasteiger charge is 2.23. The smallest absolute Gasteiger partial charge is 0.421 e. The van der Waals surface area contributed by atoms with Crippen molar-refractivity contribution in [2.45, 2.75) is 26.4 Å². The predicted molar refractivity (Wildman–Crippen MR) is 218 cm³/mol. The molecule has 54 heavy (non-hydrogen) atoms. The quantitative estimate of drug-likeness (QED) is 0.0964. The van der Waals surface area contributed by atoms with E-state index in [0.717, 1.165) is 28.1 Å². The third-order valence-corrected chi connectivity index (χ3v) is 7.33. The lowest BCUT2D eigenvalue weighted by Gasteiger charge is -2.20. The van der Waals surface area contributed by atoms with Crippen LogP contribution >= 0.6 is 12.4 Å². The number of H-pyrrole nitrogens is 1. The van der Waals surface area contributed by atoms with Crippen molar-refractivity contribution >= 4 is 65.7 Å². The van der Waals surface area contributed by atoms with Crippen LogP contribution in [-0.4, -0.2) is 43.0 Å². The third-order valence-electron chi connectivity index (χ3n) is 7.33. The van der Waals surface area contributed by atoms with Gasteiger partial charge in [-0.25, -0.2) is 19.3 Å². The Morgan fingerprint density at radius 1 is 0.685 bits per heavy atom. The van der Waals surface area contributed by atoms with Crippen molar-refractivity contribution in [3.05, 3.63) is 145 Å². The number of aromatic nitrogens is 4. The molecule has 0 saturated carbocycles. The van der Waals surface area contributed by atoms with Crippen LogP contribution in [0, 0.1) is 0 Å². The standard InChI is InChI=1S/C23H24N4O3.C18H16N4O.ClH/c1-23(2,3)30-22(29)27-19(15-25-21(27)24)17-10-12-18(13-11-17)26-20(28)14-9-16-7-5-4-6-8-16;19-18-20-12-16(22-18)14-7-9-15(10-8-14)21-17(23)11-6-13-4-2-1-3-5-13;/h4-15H,1-3H3,(H2,24,25)(H,26,28);1-12H,(H,21,23)(H3,19,20,22);1H/b14-9+;11-6+;. The number of aromatic amines is 1. The first-order chi connectivity index (χ1) is 25.4. The molecule has 0 aliphatic rings. The van der Waals surface area contributed by atoms with Crippen LogP contribution in [0.25, 0.3) is 34.7 Å². The van der Waals surface area contributed by atoms with Gasteiger partial charge in [0.2, 0.25) is 17.8 Å². The van der Waals surface area contributed by atoms with Crippen LogP contribution in [-0.2, 0) is 14.3 Å². The average molecular weight is 745 g/mol. The van der Waals surface area contributed by atoms with Gasteiger partial charge >= 0.3 is 6.09 Å². The number of anilines is 4. The molecule has 0 atom stereocenters. The maximum Gasteiger partial charge on any atom is 0.421 e. The van der Waals surface area contributed by atoms with Crippen molar-refractivity contribution in [2.24, 2.45) is 0 Å². The first-order valence-corrected chi connectivity index (χ1v) is 16.6. The van der Waals surface area contributed by atoms with Crippen LogP contribution in [0.15, 0.2) is 134 Å². The Morgan fingerprint density at radius 3 is 1.61 bits per heavy atom. The summed E-state index contributed by atoms with van der Waals surface area (Å²) in [5.41, 5.74) is 17.0. The molecule has 13 heteroatoms. The number of amides is 2. The van der Waals surface area contributed by atoms with Crippen LogP contribution in [0.4, 0.5) is 28.1 Å². The summed E-state index contributed by atoms with van der Waals surface area (Å²) in [5, 5.41) is 5.62. The molecule has 0 fully saturated rings. The summed E-state index contributed by atoms with van der Waals surface area (Å²) in [6.45, 7) is 5.34. The lowest BCUT2D eigenvalue weighted by atomic mass is 10.1. The Morgan fingerprint density at radius 2 is 1.17 bits per heavy atom. The van der Waals surface area contributed by atoms with Crippen molar-refractivity contribution in [3.8, 4) is 22.5 Å². The van der Waals surface area contributed by atoms with E-state index in [1.165, 1.54) is 22.9 Å². The Labute approximate surface area is 319 Å². The van der Waals surface area contributed by atoms with E-state index in [1.807, 2.05) is 84.9 Å². The Hall–Kier alpha value is -6.92. The molecule has 2 heterocycles. The van der Waals surface area contributed by atoms with Gasteiger partial charge in [0.15, 0.2) is 5.95 Å². The lowest BCUT2D eigenvalue weighted by molar-refractivity contribution is -0.112. The topological polar surface area (TPSA) is 183 Å². The molecule has 2 aromatic heterocycles. The Bertz CT molecular complexity index is 2210. The molecule has 0 bridgehead atoms. The van der Waals surface area contributed by atoms with Gasteiger partial charge < -0.3 is 31.8 Å². The van der Waals surface area contributed by atoms with Gasteiger partial charge in [0.1, 0.15) is 5.60 Å². The van der Waals surface area contributed by atoms with Gasteiger partial charge in [-0.15, -0.1) is 12.4 Å². The largest absolute Gasteiger partial charge is 0.443 e. The first kappa shape index (κ1) is 39.9. The number of hydrogen-bond donors (Lipinski definition) is 5. The average Bonchev–Trinajstić information content (AvgIpc) is 3.76. The number of benzene rings is 4. The predicted octanol–water partition coefficient (Wildman–Crippen LogP) is 8.30. The second kappa shape index (κ2) is 18.5. The minimum atomic E-state index is -0.660. The van der Waals surface area contributed by atoms with Crippen molar-refractivity contribution in [2.75, 3.05) is 22.1 Å². The van der Waals surface area contributed by atoms with Gasteiger partial charge in [-0.2, -0.15) is 0 Å². The van der Waals surface area contributed by atoms with E-state index in [9.17, 15) is 14.4 Å². The van der Waals surface area contributed by atoms with E-state index in [0.29, 0.717) is 22.9 Å². The molecule has 7 N–H and O–H groups in total. The number of rotatable bonds is 8. The summed E-state index contributed by atoms with van der Waals surface area (Å²) in [5.74, 6) is 0.00754. The van der Waals surface area contributed by atoms with Gasteiger partial charge in [-0.05, 0) is 73.9 Å². The van der Waals surface area contributed by atoms with Gasteiger partial charge in [0.25, 0.3) is 0 Å². The molecule has 0 saturated heterocycles. The molecular formula is C41H41ClN8O4. The summed E-state index contributed by atoms with van der Waals surface area (Å²) in [6.07, 6.45) is 9.08. The number of hydrogen-bond acceptors (Lipinski definition) is 8. The van der Waals surface area contributed by atoms with Gasteiger partial charge in [-0.1, -0.05) is 84.9 Å². The third kappa shape index (κ3) is 11.8. The summed E-state index contributed by atoms with van der Waals surface area (Å²) < 4.78 is 6.63. The van der Waals surface area contributed by atoms with Crippen molar-refractivity contribution in [1.29, 1.82) is 0 Å². The first-order valence-electron chi connectivity index (χ1n) is 16.6. The van der Waals surface area contributed by atoms with Crippen LogP contribution in [0.1, 0.15) is 31.9 Å². The molecule has 4 aromatic carbocycles. The van der Waals surface area contributed by atoms with Crippen LogP contribution in [0.3, 0.4) is 0 Å². The molecule has 0 unspecified atom stereocenters. The number of ether oxygens (including phenoxy) is 1. The summed E-state index contributed by atoms with van der Waals surface area (Å²) in [6, 6.07) is 33.7. The number of halogens is 1. The normalized spacial score (nSPS) is 10.9. The van der Waals surface area contributed by atoms with Gasteiger partial charge in [0.05, 0.1) is 23.8 Å². The lowest BCUT2D eigenvalue weighted by Crippen LogP contribution is -2.28. The number of nitrogens with zero attached hydrogens (tertiary/aromatic N) is 3. The molecule has 0 aliphatic heterocycles. The fourth-order valence-electron chi connectivity index (χ4n) is 4.85. The molecule has 6 aromatic rings. The molecule has 0 aliphatic carbocycles. The van der Waals surface area contributed by atoms with Crippen molar-refractivity contribution in [3.63, 3.8) is 0 Å². The SMILES string of the molecule is CC(C)(C)OC(=O)n1c(-c2ccc(NC(=O)/C=C/c3ccccc3)cc2)cnc1N.Cl.Nc1ncc(-c2ccc(NC(=O)/C=C/c3ccccc3)cc2)[nH]1.